The van der Waals surface area contributed by atoms with Crippen molar-refractivity contribution in [3.05, 3.63) is 48.0 Å². The van der Waals surface area contributed by atoms with E-state index in [1.807, 2.05) is 30.6 Å². The first kappa shape index (κ1) is 15.5. The summed E-state index contributed by atoms with van der Waals surface area (Å²) < 4.78 is 7.81. The van der Waals surface area contributed by atoms with Gasteiger partial charge in [0.2, 0.25) is 0 Å². The van der Waals surface area contributed by atoms with Gasteiger partial charge in [-0.3, -0.25) is 11.3 Å². The second kappa shape index (κ2) is 7.81. The molecule has 0 amide bonds. The van der Waals surface area contributed by atoms with E-state index < -0.39 is 0 Å². The van der Waals surface area contributed by atoms with Crippen LogP contribution >= 0.6 is 0 Å². The molecule has 0 fully saturated rings. The number of nitrogens with one attached hydrogen (secondary N) is 1. The van der Waals surface area contributed by atoms with Crippen LogP contribution < -0.4 is 16.0 Å². The minimum Gasteiger partial charge on any atom is -0.494 e. The van der Waals surface area contributed by atoms with Crippen LogP contribution in [0.2, 0.25) is 0 Å². The Labute approximate surface area is 126 Å². The predicted octanol–water partition coefficient (Wildman–Crippen LogP) is 2.44. The first-order valence-corrected chi connectivity index (χ1v) is 7.47. The van der Waals surface area contributed by atoms with Crippen LogP contribution in [0, 0.1) is 0 Å². The molecule has 0 aliphatic rings. The van der Waals surface area contributed by atoms with E-state index in [2.05, 4.69) is 34.9 Å². The SMILES string of the molecule is CCCOc1cccc(C(Cc2nccn2CC)NN)c1. The summed E-state index contributed by atoms with van der Waals surface area (Å²) in [5.74, 6) is 7.65. The molecule has 5 nitrogen and oxygen atoms in total. The molecule has 1 aromatic carbocycles. The molecule has 1 unspecified atom stereocenters. The number of ether oxygens (including phenoxy) is 1. The topological polar surface area (TPSA) is 65.1 Å². The lowest BCUT2D eigenvalue weighted by atomic mass is 10.0. The Bertz CT molecular complexity index is 553. The molecule has 1 aromatic heterocycles. The van der Waals surface area contributed by atoms with Crippen molar-refractivity contribution in [2.75, 3.05) is 6.61 Å². The van der Waals surface area contributed by atoms with Crippen LogP contribution in [-0.2, 0) is 13.0 Å². The van der Waals surface area contributed by atoms with Gasteiger partial charge >= 0.3 is 0 Å². The van der Waals surface area contributed by atoms with Gasteiger partial charge in [0.15, 0.2) is 0 Å². The van der Waals surface area contributed by atoms with Crippen molar-refractivity contribution in [3.63, 3.8) is 0 Å². The summed E-state index contributed by atoms with van der Waals surface area (Å²) in [6.45, 7) is 5.84. The number of nitrogens with zero attached hydrogens (tertiary/aromatic N) is 2. The van der Waals surface area contributed by atoms with E-state index in [4.69, 9.17) is 10.6 Å². The van der Waals surface area contributed by atoms with E-state index in [1.54, 1.807) is 0 Å². The summed E-state index contributed by atoms with van der Waals surface area (Å²) in [5, 5.41) is 0. The quantitative estimate of drug-likeness (QED) is 0.578. The number of hydrogen-bond acceptors (Lipinski definition) is 4. The largest absolute Gasteiger partial charge is 0.494 e. The second-order valence-corrected chi connectivity index (χ2v) is 4.97. The molecule has 0 aliphatic carbocycles. The normalized spacial score (nSPS) is 12.3. The number of aromatic nitrogens is 2. The molecule has 0 radical (unpaired) electrons. The number of hydrazine groups is 1. The van der Waals surface area contributed by atoms with Crippen molar-refractivity contribution >= 4 is 0 Å². The summed E-state index contributed by atoms with van der Waals surface area (Å²) in [6, 6.07) is 8.08. The van der Waals surface area contributed by atoms with Gasteiger partial charge in [0.05, 0.1) is 12.6 Å². The molecular formula is C16H24N4O. The second-order valence-electron chi connectivity index (χ2n) is 4.97. The van der Waals surface area contributed by atoms with Crippen LogP contribution in [0.25, 0.3) is 0 Å². The average molecular weight is 288 g/mol. The van der Waals surface area contributed by atoms with Crippen molar-refractivity contribution in [1.29, 1.82) is 0 Å². The molecule has 3 N–H and O–H groups in total. The summed E-state index contributed by atoms with van der Waals surface area (Å²) in [5.41, 5.74) is 3.99. The first-order valence-electron chi connectivity index (χ1n) is 7.47. The van der Waals surface area contributed by atoms with E-state index in [0.29, 0.717) is 0 Å². The van der Waals surface area contributed by atoms with Gasteiger partial charge < -0.3 is 9.30 Å². The highest BCUT2D eigenvalue weighted by atomic mass is 16.5. The molecule has 1 heterocycles. The standard InChI is InChI=1S/C16H24N4O/c1-3-10-21-14-7-5-6-13(11-14)15(19-17)12-16-18-8-9-20(16)4-2/h5-9,11,15,19H,3-4,10,12,17H2,1-2H3. The molecule has 21 heavy (non-hydrogen) atoms. The lowest BCUT2D eigenvalue weighted by Gasteiger charge is -2.17. The highest BCUT2D eigenvalue weighted by Gasteiger charge is 2.14. The first-order chi connectivity index (χ1) is 10.3. The Morgan fingerprint density at radius 1 is 1.38 bits per heavy atom. The van der Waals surface area contributed by atoms with Crippen molar-refractivity contribution < 1.29 is 4.74 Å². The summed E-state index contributed by atoms with van der Waals surface area (Å²) in [4.78, 5) is 4.41. The molecule has 0 spiro atoms. The Hall–Kier alpha value is -1.85. The maximum atomic E-state index is 5.74. The zero-order chi connectivity index (χ0) is 15.1. The highest BCUT2D eigenvalue weighted by Crippen LogP contribution is 2.22. The van der Waals surface area contributed by atoms with Gasteiger partial charge in [0.25, 0.3) is 0 Å². The highest BCUT2D eigenvalue weighted by molar-refractivity contribution is 5.31. The van der Waals surface area contributed by atoms with Gasteiger partial charge in [-0.05, 0) is 31.0 Å². The summed E-state index contributed by atoms with van der Waals surface area (Å²) >= 11 is 0. The van der Waals surface area contributed by atoms with Crippen LogP contribution in [0.4, 0.5) is 0 Å². The van der Waals surface area contributed by atoms with Crippen molar-refractivity contribution in [2.24, 2.45) is 5.84 Å². The van der Waals surface area contributed by atoms with Crippen molar-refractivity contribution in [3.8, 4) is 5.75 Å². The number of nitrogens with two attached hydrogens (primary N) is 1. The van der Waals surface area contributed by atoms with Crippen LogP contribution in [0.1, 0.15) is 37.7 Å². The number of hydrogen-bond donors (Lipinski definition) is 2. The van der Waals surface area contributed by atoms with Gasteiger partial charge in [-0.1, -0.05) is 19.1 Å². The molecule has 1 atom stereocenters. The van der Waals surface area contributed by atoms with Gasteiger partial charge in [0.1, 0.15) is 11.6 Å². The number of benzene rings is 1. The molecule has 2 rings (SSSR count). The third kappa shape index (κ3) is 4.06. The van der Waals surface area contributed by atoms with Gasteiger partial charge in [-0.2, -0.15) is 0 Å². The van der Waals surface area contributed by atoms with E-state index in [-0.39, 0.29) is 6.04 Å². The number of rotatable bonds is 8. The van der Waals surface area contributed by atoms with Crippen molar-refractivity contribution in [1.82, 2.24) is 15.0 Å². The Morgan fingerprint density at radius 3 is 2.95 bits per heavy atom. The van der Waals surface area contributed by atoms with Gasteiger partial charge in [-0.25, -0.2) is 4.98 Å². The Morgan fingerprint density at radius 2 is 2.24 bits per heavy atom. The fraction of sp³-hybridized carbons (Fsp3) is 0.438. The maximum absolute atomic E-state index is 5.74. The van der Waals surface area contributed by atoms with Crippen LogP contribution in [0.15, 0.2) is 36.7 Å². The van der Waals surface area contributed by atoms with Gasteiger partial charge in [0, 0.05) is 25.4 Å². The minimum absolute atomic E-state index is 0.0166. The Kier molecular flexibility index (Phi) is 5.78. The van der Waals surface area contributed by atoms with E-state index in [9.17, 15) is 0 Å². The van der Waals surface area contributed by atoms with E-state index in [1.165, 1.54) is 0 Å². The molecule has 114 valence electrons. The molecule has 0 aliphatic heterocycles. The monoisotopic (exact) mass is 288 g/mol. The average Bonchev–Trinajstić information content (AvgIpc) is 2.98. The zero-order valence-corrected chi connectivity index (χ0v) is 12.7. The maximum Gasteiger partial charge on any atom is 0.119 e. The third-order valence-corrected chi connectivity index (χ3v) is 3.46. The van der Waals surface area contributed by atoms with E-state index in [0.717, 1.165) is 43.1 Å². The summed E-state index contributed by atoms with van der Waals surface area (Å²) in [6.07, 6.45) is 5.56. The number of imidazole rings is 1. The number of aryl methyl sites for hydroxylation is 1. The van der Waals surface area contributed by atoms with Crippen LogP contribution in [-0.4, -0.2) is 16.2 Å². The lowest BCUT2D eigenvalue weighted by Crippen LogP contribution is -2.30. The molecule has 5 heteroatoms. The Balaban J connectivity index is 2.13. The molecule has 2 aromatic rings. The molecule has 0 bridgehead atoms. The lowest BCUT2D eigenvalue weighted by molar-refractivity contribution is 0.316. The van der Waals surface area contributed by atoms with Gasteiger partial charge in [-0.15, -0.1) is 0 Å². The van der Waals surface area contributed by atoms with Crippen LogP contribution in [0.3, 0.4) is 0 Å². The minimum atomic E-state index is 0.0166. The molecular weight excluding hydrogens is 264 g/mol. The summed E-state index contributed by atoms with van der Waals surface area (Å²) in [7, 11) is 0. The fourth-order valence-corrected chi connectivity index (χ4v) is 2.31. The van der Waals surface area contributed by atoms with E-state index >= 15 is 0 Å². The predicted molar refractivity (Wildman–Crippen MR) is 83.9 cm³/mol. The van der Waals surface area contributed by atoms with Crippen molar-refractivity contribution in [2.45, 2.75) is 39.3 Å². The molecule has 0 saturated carbocycles. The third-order valence-electron chi connectivity index (χ3n) is 3.46. The zero-order valence-electron chi connectivity index (χ0n) is 12.7. The smallest absolute Gasteiger partial charge is 0.119 e. The fourth-order valence-electron chi connectivity index (χ4n) is 2.31. The van der Waals surface area contributed by atoms with Crippen LogP contribution in [0.5, 0.6) is 5.75 Å². The molecule has 0 saturated heterocycles.